The maximum absolute atomic E-state index is 11.3. The van der Waals surface area contributed by atoms with E-state index in [2.05, 4.69) is 34.1 Å². The molecular formula is C14H23N5O2. The molecule has 21 heavy (non-hydrogen) atoms. The molecule has 1 aliphatic rings. The van der Waals surface area contributed by atoms with Crippen LogP contribution in [0.25, 0.3) is 0 Å². The van der Waals surface area contributed by atoms with Gasteiger partial charge in [-0.2, -0.15) is 0 Å². The number of anilines is 2. The van der Waals surface area contributed by atoms with Crippen molar-refractivity contribution in [3.63, 3.8) is 0 Å². The number of aromatic nitrogens is 1. The van der Waals surface area contributed by atoms with Gasteiger partial charge in [-0.1, -0.05) is 6.92 Å². The summed E-state index contributed by atoms with van der Waals surface area (Å²) in [6, 6.07) is 3.43. The van der Waals surface area contributed by atoms with Crippen molar-refractivity contribution in [1.82, 2.24) is 9.88 Å². The van der Waals surface area contributed by atoms with Crippen molar-refractivity contribution in [2.75, 3.05) is 43.9 Å². The van der Waals surface area contributed by atoms with E-state index < -0.39 is 0 Å². The molecule has 1 saturated heterocycles. The molecule has 0 amide bonds. The summed E-state index contributed by atoms with van der Waals surface area (Å²) in [6.07, 6.45) is 1.92. The molecule has 1 fully saturated rings. The maximum atomic E-state index is 11.3. The highest BCUT2D eigenvalue weighted by Gasteiger charge is 2.29. The Hall–Kier alpha value is -1.89. The van der Waals surface area contributed by atoms with Crippen molar-refractivity contribution in [2.45, 2.75) is 25.8 Å². The Morgan fingerprint density at radius 3 is 2.86 bits per heavy atom. The van der Waals surface area contributed by atoms with Gasteiger partial charge in [0.2, 0.25) is 5.82 Å². The molecule has 1 N–H and O–H groups in total. The molecule has 0 saturated carbocycles. The number of rotatable bonds is 4. The minimum Gasteiger partial charge on any atom is -0.373 e. The zero-order chi connectivity index (χ0) is 15.4. The van der Waals surface area contributed by atoms with Gasteiger partial charge >= 0.3 is 5.69 Å². The molecule has 7 heteroatoms. The van der Waals surface area contributed by atoms with E-state index in [1.807, 2.05) is 0 Å². The molecule has 0 radical (unpaired) electrons. The van der Waals surface area contributed by atoms with Gasteiger partial charge in [0.1, 0.15) is 5.82 Å². The molecule has 0 spiro atoms. The molecule has 2 rings (SSSR count). The first-order chi connectivity index (χ1) is 10.1. The van der Waals surface area contributed by atoms with Gasteiger partial charge in [0.15, 0.2) is 0 Å². The average Bonchev–Trinajstić information content (AvgIpc) is 2.67. The van der Waals surface area contributed by atoms with Crippen LogP contribution in [-0.4, -0.2) is 54.6 Å². The fraction of sp³-hybridized carbons (Fsp3) is 0.643. The topological polar surface area (TPSA) is 74.5 Å². The fourth-order valence-electron chi connectivity index (χ4n) is 2.81. The van der Waals surface area contributed by atoms with Gasteiger partial charge < -0.3 is 15.1 Å². The second kappa shape index (κ2) is 6.71. The molecule has 1 aliphatic heterocycles. The first-order valence-electron chi connectivity index (χ1n) is 7.35. The number of hydrogen-bond acceptors (Lipinski definition) is 6. The SMILES string of the molecule is CCC1CN(C)CCCN1c1nc(NC)ccc1[N+](=O)[O-]. The van der Waals surface area contributed by atoms with E-state index in [1.54, 1.807) is 13.1 Å². The van der Waals surface area contributed by atoms with E-state index in [9.17, 15) is 10.1 Å². The van der Waals surface area contributed by atoms with Crippen molar-refractivity contribution in [1.29, 1.82) is 0 Å². The van der Waals surface area contributed by atoms with Gasteiger partial charge in [-0.25, -0.2) is 4.98 Å². The van der Waals surface area contributed by atoms with E-state index in [0.29, 0.717) is 11.6 Å². The third kappa shape index (κ3) is 3.41. The van der Waals surface area contributed by atoms with E-state index >= 15 is 0 Å². The smallest absolute Gasteiger partial charge is 0.311 e. The monoisotopic (exact) mass is 293 g/mol. The van der Waals surface area contributed by atoms with Gasteiger partial charge in [0.25, 0.3) is 0 Å². The molecule has 7 nitrogen and oxygen atoms in total. The van der Waals surface area contributed by atoms with Crippen molar-refractivity contribution in [2.24, 2.45) is 0 Å². The van der Waals surface area contributed by atoms with Crippen LogP contribution in [0.2, 0.25) is 0 Å². The molecule has 0 bridgehead atoms. The minimum absolute atomic E-state index is 0.0806. The zero-order valence-electron chi connectivity index (χ0n) is 12.9. The number of hydrogen-bond donors (Lipinski definition) is 1. The van der Waals surface area contributed by atoms with Crippen LogP contribution in [0.1, 0.15) is 19.8 Å². The minimum atomic E-state index is -0.344. The lowest BCUT2D eigenvalue weighted by Gasteiger charge is -2.31. The Balaban J connectivity index is 2.43. The lowest BCUT2D eigenvalue weighted by atomic mass is 10.1. The molecule has 1 aromatic heterocycles. The third-order valence-electron chi connectivity index (χ3n) is 3.95. The summed E-state index contributed by atoms with van der Waals surface area (Å²) in [5.41, 5.74) is 0.0806. The molecule has 116 valence electrons. The second-order valence-corrected chi connectivity index (χ2v) is 5.42. The van der Waals surface area contributed by atoms with E-state index in [4.69, 9.17) is 0 Å². The summed E-state index contributed by atoms with van der Waals surface area (Å²) in [5.74, 6) is 1.14. The van der Waals surface area contributed by atoms with Crippen LogP contribution >= 0.6 is 0 Å². The van der Waals surface area contributed by atoms with Gasteiger partial charge in [-0.05, 0) is 32.5 Å². The van der Waals surface area contributed by atoms with Crippen LogP contribution in [0.15, 0.2) is 12.1 Å². The van der Waals surface area contributed by atoms with Gasteiger partial charge in [-0.3, -0.25) is 10.1 Å². The molecule has 1 aromatic rings. The van der Waals surface area contributed by atoms with Crippen LogP contribution in [0.5, 0.6) is 0 Å². The standard InChI is InChI=1S/C14H23N5O2/c1-4-11-10-17(3)8-5-9-18(11)14-12(19(20)21)6-7-13(15-2)16-14/h6-7,11H,4-5,8-10H2,1-3H3,(H,15,16). The van der Waals surface area contributed by atoms with Crippen LogP contribution in [0, 0.1) is 10.1 Å². The second-order valence-electron chi connectivity index (χ2n) is 5.42. The average molecular weight is 293 g/mol. The third-order valence-corrected chi connectivity index (χ3v) is 3.95. The van der Waals surface area contributed by atoms with Gasteiger partial charge in [0.05, 0.1) is 4.92 Å². The summed E-state index contributed by atoms with van der Waals surface area (Å²) in [5, 5.41) is 14.3. The van der Waals surface area contributed by atoms with E-state index in [1.165, 1.54) is 6.07 Å². The summed E-state index contributed by atoms with van der Waals surface area (Å²) in [4.78, 5) is 19.8. The van der Waals surface area contributed by atoms with E-state index in [0.717, 1.165) is 32.5 Å². The van der Waals surface area contributed by atoms with E-state index in [-0.39, 0.29) is 16.7 Å². The zero-order valence-corrected chi connectivity index (χ0v) is 12.9. The molecular weight excluding hydrogens is 270 g/mol. The van der Waals surface area contributed by atoms with Crippen LogP contribution in [0.4, 0.5) is 17.3 Å². The number of nitro groups is 1. The normalized spacial score (nSPS) is 20.1. The summed E-state index contributed by atoms with van der Waals surface area (Å²) in [6.45, 7) is 4.82. The Bertz CT molecular complexity index is 508. The Morgan fingerprint density at radius 2 is 2.24 bits per heavy atom. The highest BCUT2D eigenvalue weighted by molar-refractivity contribution is 5.62. The predicted octanol–water partition coefficient (Wildman–Crippen LogP) is 1.95. The molecule has 0 aliphatic carbocycles. The largest absolute Gasteiger partial charge is 0.373 e. The van der Waals surface area contributed by atoms with Crippen LogP contribution in [-0.2, 0) is 0 Å². The highest BCUT2D eigenvalue weighted by Crippen LogP contribution is 2.30. The summed E-state index contributed by atoms with van der Waals surface area (Å²) < 4.78 is 0. The van der Waals surface area contributed by atoms with Crippen LogP contribution < -0.4 is 10.2 Å². The van der Waals surface area contributed by atoms with Crippen molar-refractivity contribution in [3.8, 4) is 0 Å². The Kier molecular flexibility index (Phi) is 4.95. The highest BCUT2D eigenvalue weighted by atomic mass is 16.6. The molecule has 0 aromatic carbocycles. The Labute approximate surface area is 125 Å². The molecule has 1 unspecified atom stereocenters. The molecule has 1 atom stereocenters. The first-order valence-corrected chi connectivity index (χ1v) is 7.35. The van der Waals surface area contributed by atoms with Crippen molar-refractivity contribution < 1.29 is 4.92 Å². The number of likely N-dealkylation sites (N-methyl/N-ethyl adjacent to an activating group) is 1. The molecule has 2 heterocycles. The lowest BCUT2D eigenvalue weighted by Crippen LogP contribution is -2.40. The first kappa shape index (κ1) is 15.5. The summed E-state index contributed by atoms with van der Waals surface area (Å²) >= 11 is 0. The Morgan fingerprint density at radius 1 is 1.48 bits per heavy atom. The van der Waals surface area contributed by atoms with Crippen molar-refractivity contribution >= 4 is 17.3 Å². The van der Waals surface area contributed by atoms with Gasteiger partial charge in [0, 0.05) is 32.2 Å². The predicted molar refractivity (Wildman–Crippen MR) is 84.0 cm³/mol. The number of nitrogens with one attached hydrogen (secondary N) is 1. The van der Waals surface area contributed by atoms with Crippen molar-refractivity contribution in [3.05, 3.63) is 22.2 Å². The number of nitrogens with zero attached hydrogens (tertiary/aromatic N) is 4. The maximum Gasteiger partial charge on any atom is 0.311 e. The summed E-state index contributed by atoms with van der Waals surface area (Å²) in [7, 11) is 3.86. The fourth-order valence-corrected chi connectivity index (χ4v) is 2.81. The van der Waals surface area contributed by atoms with Crippen LogP contribution in [0.3, 0.4) is 0 Å². The lowest BCUT2D eigenvalue weighted by molar-refractivity contribution is -0.384. The van der Waals surface area contributed by atoms with Gasteiger partial charge in [-0.15, -0.1) is 0 Å². The quantitative estimate of drug-likeness (QED) is 0.675. The number of pyridine rings is 1.